The van der Waals surface area contributed by atoms with E-state index in [2.05, 4.69) is 17.4 Å². The highest BCUT2D eigenvalue weighted by atomic mass is 16.5. The number of ether oxygens (including phenoxy) is 3. The standard InChI is InChI=1S/C29H29NO4/c1-3-33-27-16-13-23(29(31)30-18-17-21-11-14-25(32-2)15-12-21)19-24(27)20-34-28-10-6-8-22-7-4-5-9-26(22)28/h4-16,19H,3,17-18,20H2,1-2H3,(H,30,31). The molecule has 0 saturated carbocycles. The molecule has 0 aliphatic heterocycles. The fourth-order valence-corrected chi connectivity index (χ4v) is 3.82. The smallest absolute Gasteiger partial charge is 0.251 e. The lowest BCUT2D eigenvalue weighted by Crippen LogP contribution is -2.25. The van der Waals surface area contributed by atoms with E-state index in [0.717, 1.165) is 45.6 Å². The van der Waals surface area contributed by atoms with E-state index >= 15 is 0 Å². The van der Waals surface area contributed by atoms with Gasteiger partial charge in [-0.3, -0.25) is 4.79 Å². The SMILES string of the molecule is CCOc1ccc(C(=O)NCCc2ccc(OC)cc2)cc1COc1cccc2ccccc12. The maximum Gasteiger partial charge on any atom is 0.251 e. The predicted molar refractivity (Wildman–Crippen MR) is 135 cm³/mol. The number of fused-ring (bicyclic) bond motifs is 1. The quantitative estimate of drug-likeness (QED) is 0.328. The molecule has 174 valence electrons. The van der Waals surface area contributed by atoms with Gasteiger partial charge in [-0.1, -0.05) is 48.5 Å². The van der Waals surface area contributed by atoms with Gasteiger partial charge in [0.25, 0.3) is 5.91 Å². The van der Waals surface area contributed by atoms with Crippen LogP contribution >= 0.6 is 0 Å². The van der Waals surface area contributed by atoms with Crippen LogP contribution < -0.4 is 19.5 Å². The second-order valence-corrected chi connectivity index (χ2v) is 7.88. The Morgan fingerprint density at radius 2 is 1.65 bits per heavy atom. The van der Waals surface area contributed by atoms with E-state index in [1.54, 1.807) is 13.2 Å². The highest BCUT2D eigenvalue weighted by molar-refractivity contribution is 5.94. The molecule has 0 atom stereocenters. The van der Waals surface area contributed by atoms with Crippen LogP contribution in [0.25, 0.3) is 10.8 Å². The minimum absolute atomic E-state index is 0.122. The molecule has 5 nitrogen and oxygen atoms in total. The zero-order valence-electron chi connectivity index (χ0n) is 19.5. The summed E-state index contributed by atoms with van der Waals surface area (Å²) in [6.45, 7) is 3.32. The maximum absolute atomic E-state index is 12.8. The predicted octanol–water partition coefficient (Wildman–Crippen LogP) is 5.80. The number of carbonyl (C=O) groups excluding carboxylic acids is 1. The molecule has 4 rings (SSSR count). The Hall–Kier alpha value is -3.99. The van der Waals surface area contributed by atoms with Crippen LogP contribution in [0, 0.1) is 0 Å². The monoisotopic (exact) mass is 455 g/mol. The van der Waals surface area contributed by atoms with Crippen molar-refractivity contribution in [3.05, 3.63) is 102 Å². The Kier molecular flexibility index (Phi) is 7.66. The third-order valence-corrected chi connectivity index (χ3v) is 5.61. The molecule has 0 radical (unpaired) electrons. The number of carbonyl (C=O) groups is 1. The number of rotatable bonds is 10. The van der Waals surface area contributed by atoms with Crippen LogP contribution in [0.15, 0.2) is 84.9 Å². The van der Waals surface area contributed by atoms with E-state index in [4.69, 9.17) is 14.2 Å². The van der Waals surface area contributed by atoms with Crippen molar-refractivity contribution in [2.45, 2.75) is 20.0 Å². The fourth-order valence-electron chi connectivity index (χ4n) is 3.82. The Morgan fingerprint density at radius 3 is 2.44 bits per heavy atom. The van der Waals surface area contributed by atoms with Gasteiger partial charge in [-0.2, -0.15) is 0 Å². The number of amides is 1. The summed E-state index contributed by atoms with van der Waals surface area (Å²) in [5.74, 6) is 2.22. The lowest BCUT2D eigenvalue weighted by Gasteiger charge is -2.14. The second-order valence-electron chi connectivity index (χ2n) is 7.88. The van der Waals surface area contributed by atoms with E-state index in [-0.39, 0.29) is 5.91 Å². The first kappa shape index (κ1) is 23.2. The van der Waals surface area contributed by atoms with Crippen LogP contribution in [0.2, 0.25) is 0 Å². The summed E-state index contributed by atoms with van der Waals surface area (Å²) in [6, 6.07) is 27.4. The van der Waals surface area contributed by atoms with E-state index < -0.39 is 0 Å². The van der Waals surface area contributed by atoms with Crippen LogP contribution in [0.3, 0.4) is 0 Å². The largest absolute Gasteiger partial charge is 0.497 e. The van der Waals surface area contributed by atoms with Gasteiger partial charge in [0.15, 0.2) is 0 Å². The van der Waals surface area contributed by atoms with Gasteiger partial charge < -0.3 is 19.5 Å². The van der Waals surface area contributed by atoms with Crippen molar-refractivity contribution in [2.24, 2.45) is 0 Å². The van der Waals surface area contributed by atoms with Crippen LogP contribution in [0.4, 0.5) is 0 Å². The van der Waals surface area contributed by atoms with E-state index in [9.17, 15) is 4.79 Å². The second kappa shape index (κ2) is 11.2. The molecule has 5 heteroatoms. The van der Waals surface area contributed by atoms with Gasteiger partial charge in [0, 0.05) is 23.1 Å². The van der Waals surface area contributed by atoms with Gasteiger partial charge in [-0.15, -0.1) is 0 Å². The zero-order chi connectivity index (χ0) is 23.8. The maximum atomic E-state index is 12.8. The molecule has 0 heterocycles. The van der Waals surface area contributed by atoms with E-state index in [0.29, 0.717) is 25.3 Å². The Labute approximate surface area is 200 Å². The molecule has 1 amide bonds. The summed E-state index contributed by atoms with van der Waals surface area (Å²) in [7, 11) is 1.65. The normalized spacial score (nSPS) is 10.6. The molecular weight excluding hydrogens is 426 g/mol. The Morgan fingerprint density at radius 1 is 0.853 bits per heavy atom. The van der Waals surface area contributed by atoms with Crippen LogP contribution in [0.5, 0.6) is 17.2 Å². The minimum atomic E-state index is -0.122. The topological polar surface area (TPSA) is 56.8 Å². The molecule has 34 heavy (non-hydrogen) atoms. The van der Waals surface area contributed by atoms with Crippen molar-refractivity contribution < 1.29 is 19.0 Å². The molecule has 0 unspecified atom stereocenters. The highest BCUT2D eigenvalue weighted by Gasteiger charge is 2.12. The van der Waals surface area contributed by atoms with Crippen molar-refractivity contribution in [3.8, 4) is 17.2 Å². The van der Waals surface area contributed by atoms with Gasteiger partial charge in [0.2, 0.25) is 0 Å². The minimum Gasteiger partial charge on any atom is -0.497 e. The molecule has 4 aromatic carbocycles. The van der Waals surface area contributed by atoms with Gasteiger partial charge in [-0.25, -0.2) is 0 Å². The zero-order valence-corrected chi connectivity index (χ0v) is 19.5. The summed E-state index contributed by atoms with van der Waals surface area (Å²) >= 11 is 0. The third kappa shape index (κ3) is 5.67. The molecule has 0 bridgehead atoms. The third-order valence-electron chi connectivity index (χ3n) is 5.61. The molecule has 1 N–H and O–H groups in total. The van der Waals surface area contributed by atoms with Gasteiger partial charge >= 0.3 is 0 Å². The molecule has 0 saturated heterocycles. The van der Waals surface area contributed by atoms with Crippen molar-refractivity contribution in [2.75, 3.05) is 20.3 Å². The van der Waals surface area contributed by atoms with Crippen molar-refractivity contribution >= 4 is 16.7 Å². The van der Waals surface area contributed by atoms with Crippen LogP contribution in [0.1, 0.15) is 28.4 Å². The first-order valence-electron chi connectivity index (χ1n) is 11.5. The highest BCUT2D eigenvalue weighted by Crippen LogP contribution is 2.28. The molecular formula is C29H29NO4. The molecule has 0 fully saturated rings. The summed E-state index contributed by atoms with van der Waals surface area (Å²) in [6.07, 6.45) is 0.740. The molecule has 0 aromatic heterocycles. The number of hydrogen-bond acceptors (Lipinski definition) is 4. The number of hydrogen-bond donors (Lipinski definition) is 1. The van der Waals surface area contributed by atoms with E-state index in [1.807, 2.05) is 73.7 Å². The van der Waals surface area contributed by atoms with Gasteiger partial charge in [0.1, 0.15) is 23.9 Å². The average molecular weight is 456 g/mol. The van der Waals surface area contributed by atoms with Crippen molar-refractivity contribution in [1.29, 1.82) is 0 Å². The van der Waals surface area contributed by atoms with Gasteiger partial charge in [-0.05, 0) is 60.7 Å². The molecule has 0 aliphatic rings. The number of nitrogens with one attached hydrogen (secondary N) is 1. The molecule has 0 spiro atoms. The summed E-state index contributed by atoms with van der Waals surface area (Å²) < 4.78 is 17.1. The summed E-state index contributed by atoms with van der Waals surface area (Å²) in [5.41, 5.74) is 2.55. The summed E-state index contributed by atoms with van der Waals surface area (Å²) in [5, 5.41) is 5.17. The van der Waals surface area contributed by atoms with Crippen molar-refractivity contribution in [3.63, 3.8) is 0 Å². The van der Waals surface area contributed by atoms with E-state index in [1.165, 1.54) is 0 Å². The first-order valence-corrected chi connectivity index (χ1v) is 11.5. The Balaban J connectivity index is 1.43. The lowest BCUT2D eigenvalue weighted by molar-refractivity contribution is 0.0954. The molecule has 0 aliphatic carbocycles. The average Bonchev–Trinajstić information content (AvgIpc) is 2.88. The fraction of sp³-hybridized carbons (Fsp3) is 0.207. The van der Waals surface area contributed by atoms with Crippen LogP contribution in [-0.4, -0.2) is 26.2 Å². The lowest BCUT2D eigenvalue weighted by atomic mass is 10.1. The Bertz CT molecular complexity index is 1250. The first-order chi connectivity index (χ1) is 16.7. The number of methoxy groups -OCH3 is 1. The van der Waals surface area contributed by atoms with Crippen molar-refractivity contribution in [1.82, 2.24) is 5.32 Å². The van der Waals surface area contributed by atoms with Crippen LogP contribution in [-0.2, 0) is 13.0 Å². The summed E-state index contributed by atoms with van der Waals surface area (Å²) in [4.78, 5) is 12.8. The molecule has 4 aromatic rings. The van der Waals surface area contributed by atoms with Gasteiger partial charge in [0.05, 0.1) is 13.7 Å². The number of benzene rings is 4.